The normalized spacial score (nSPS) is 14.9. The molecule has 116 valence electrons. The molecular weight excluding hydrogens is 264 g/mol. The van der Waals surface area contributed by atoms with Gasteiger partial charge in [-0.25, -0.2) is 9.78 Å². The summed E-state index contributed by atoms with van der Waals surface area (Å²) in [6.45, 7) is 9.45. The van der Waals surface area contributed by atoms with Gasteiger partial charge in [0, 0.05) is 12.2 Å². The average Bonchev–Trinajstić information content (AvgIpc) is 2.43. The number of carboxylic acid groups (broad SMARTS) is 1. The summed E-state index contributed by atoms with van der Waals surface area (Å²) in [4.78, 5) is 16.1. The molecule has 2 rings (SSSR count). The van der Waals surface area contributed by atoms with Crippen molar-refractivity contribution >= 4 is 11.8 Å². The average molecular weight is 290 g/mol. The van der Waals surface area contributed by atoms with E-state index in [-0.39, 0.29) is 5.41 Å². The van der Waals surface area contributed by atoms with Crippen LogP contribution in [0.3, 0.4) is 0 Å². The first kappa shape index (κ1) is 15.8. The molecule has 0 aliphatic heterocycles. The molecule has 21 heavy (non-hydrogen) atoms. The van der Waals surface area contributed by atoms with Crippen LogP contribution in [0.4, 0.5) is 5.82 Å². The third-order valence-corrected chi connectivity index (χ3v) is 4.81. The highest BCUT2D eigenvalue weighted by Gasteiger charge is 2.24. The van der Waals surface area contributed by atoms with Crippen LogP contribution in [0, 0.1) is 11.3 Å². The number of nitrogens with zero attached hydrogens (tertiary/aromatic N) is 1. The first-order valence-electron chi connectivity index (χ1n) is 7.81. The van der Waals surface area contributed by atoms with E-state index in [4.69, 9.17) is 0 Å². The molecule has 0 aromatic carbocycles. The highest BCUT2D eigenvalue weighted by atomic mass is 16.4. The zero-order valence-electron chi connectivity index (χ0n) is 13.5. The van der Waals surface area contributed by atoms with Crippen LogP contribution in [0.25, 0.3) is 0 Å². The van der Waals surface area contributed by atoms with Gasteiger partial charge in [-0.1, -0.05) is 27.7 Å². The third kappa shape index (κ3) is 3.55. The van der Waals surface area contributed by atoms with Crippen molar-refractivity contribution in [2.24, 2.45) is 11.3 Å². The molecule has 0 fully saturated rings. The second-order valence-corrected chi connectivity index (χ2v) is 7.00. The maximum atomic E-state index is 11.5. The lowest BCUT2D eigenvalue weighted by molar-refractivity contribution is 0.0697. The number of fused-ring (bicyclic) bond motifs is 1. The van der Waals surface area contributed by atoms with Gasteiger partial charge in [0.15, 0.2) is 0 Å². The summed E-state index contributed by atoms with van der Waals surface area (Å²) in [7, 11) is 0. The molecule has 0 bridgehead atoms. The fraction of sp³-hybridized carbons (Fsp3) is 0.647. The number of rotatable bonds is 5. The summed E-state index contributed by atoms with van der Waals surface area (Å²) >= 11 is 0. The molecule has 4 nitrogen and oxygen atoms in total. The maximum absolute atomic E-state index is 11.5. The largest absolute Gasteiger partial charge is 0.478 e. The van der Waals surface area contributed by atoms with Gasteiger partial charge < -0.3 is 10.4 Å². The van der Waals surface area contributed by atoms with E-state index in [0.29, 0.717) is 17.3 Å². The molecule has 2 N–H and O–H groups in total. The topological polar surface area (TPSA) is 62.2 Å². The molecular formula is C17H26N2O2. The minimum atomic E-state index is -0.902. The van der Waals surface area contributed by atoms with Crippen molar-refractivity contribution in [1.29, 1.82) is 0 Å². The van der Waals surface area contributed by atoms with Crippen LogP contribution < -0.4 is 5.32 Å². The molecule has 0 amide bonds. The van der Waals surface area contributed by atoms with Crippen LogP contribution in [0.1, 0.15) is 62.2 Å². The van der Waals surface area contributed by atoms with Crippen molar-refractivity contribution in [1.82, 2.24) is 4.98 Å². The molecule has 0 unspecified atom stereocenters. The monoisotopic (exact) mass is 290 g/mol. The van der Waals surface area contributed by atoms with Gasteiger partial charge in [0.2, 0.25) is 0 Å². The molecule has 1 heterocycles. The Morgan fingerprint density at radius 2 is 2.05 bits per heavy atom. The van der Waals surface area contributed by atoms with Crippen LogP contribution in [-0.4, -0.2) is 22.6 Å². The molecule has 4 heteroatoms. The smallest absolute Gasteiger partial charge is 0.339 e. The van der Waals surface area contributed by atoms with E-state index < -0.39 is 5.97 Å². The maximum Gasteiger partial charge on any atom is 0.339 e. The number of nitrogens with one attached hydrogen (secondary N) is 1. The summed E-state index contributed by atoms with van der Waals surface area (Å²) in [5.74, 6) is 0.133. The molecule has 0 saturated carbocycles. The Balaban J connectivity index is 2.27. The Labute approximate surface area is 127 Å². The van der Waals surface area contributed by atoms with Crippen molar-refractivity contribution in [3.8, 4) is 0 Å². The lowest BCUT2D eigenvalue weighted by Gasteiger charge is -2.30. The van der Waals surface area contributed by atoms with E-state index in [2.05, 4.69) is 38.0 Å². The van der Waals surface area contributed by atoms with Gasteiger partial charge in [-0.15, -0.1) is 0 Å². The predicted molar refractivity (Wildman–Crippen MR) is 84.9 cm³/mol. The van der Waals surface area contributed by atoms with Gasteiger partial charge >= 0.3 is 5.97 Å². The molecule has 1 aliphatic rings. The van der Waals surface area contributed by atoms with Crippen molar-refractivity contribution in [3.63, 3.8) is 0 Å². The Morgan fingerprint density at radius 1 is 1.38 bits per heavy atom. The number of aromatic nitrogens is 1. The van der Waals surface area contributed by atoms with E-state index in [0.717, 1.165) is 43.5 Å². The molecule has 1 aromatic heterocycles. The number of aromatic carboxylic acids is 1. The second-order valence-electron chi connectivity index (χ2n) is 7.00. The van der Waals surface area contributed by atoms with Crippen LogP contribution >= 0.6 is 0 Å². The molecule has 1 aliphatic carbocycles. The Kier molecular flexibility index (Phi) is 4.55. The highest BCUT2D eigenvalue weighted by Crippen LogP contribution is 2.28. The van der Waals surface area contributed by atoms with Crippen LogP contribution in [0.2, 0.25) is 0 Å². The summed E-state index contributed by atoms with van der Waals surface area (Å²) in [6.07, 6.45) is 4.17. The highest BCUT2D eigenvalue weighted by molar-refractivity contribution is 5.93. The summed E-state index contributed by atoms with van der Waals surface area (Å²) in [5.41, 5.74) is 2.56. The lowest BCUT2D eigenvalue weighted by atomic mass is 9.81. The minimum Gasteiger partial charge on any atom is -0.478 e. The fourth-order valence-corrected chi connectivity index (χ4v) is 2.45. The van der Waals surface area contributed by atoms with Gasteiger partial charge in [0.1, 0.15) is 11.4 Å². The molecule has 1 aromatic rings. The number of hydrogen-bond acceptors (Lipinski definition) is 3. The van der Waals surface area contributed by atoms with E-state index in [1.54, 1.807) is 0 Å². The van der Waals surface area contributed by atoms with Crippen molar-refractivity contribution in [3.05, 3.63) is 22.9 Å². The van der Waals surface area contributed by atoms with Gasteiger partial charge in [0.05, 0.1) is 0 Å². The zero-order valence-corrected chi connectivity index (χ0v) is 13.5. The number of pyridine rings is 1. The predicted octanol–water partition coefficient (Wildman–Crippen LogP) is 3.75. The van der Waals surface area contributed by atoms with E-state index >= 15 is 0 Å². The minimum absolute atomic E-state index is 0.0906. The Bertz CT molecular complexity index is 536. The van der Waals surface area contributed by atoms with Gasteiger partial charge in [-0.2, -0.15) is 0 Å². The van der Waals surface area contributed by atoms with E-state index in [9.17, 15) is 9.90 Å². The quantitative estimate of drug-likeness (QED) is 0.867. The van der Waals surface area contributed by atoms with Crippen molar-refractivity contribution in [2.75, 3.05) is 11.9 Å². The van der Waals surface area contributed by atoms with Gasteiger partial charge in [0.25, 0.3) is 0 Å². The standard InChI is InChI=1S/C17H26N2O2/c1-11(2)17(3,4)10-18-15-13(16(20)21)9-12-7-5-6-8-14(12)19-15/h9,11H,5-8,10H2,1-4H3,(H,18,19)(H,20,21). The molecule has 0 spiro atoms. The lowest BCUT2D eigenvalue weighted by Crippen LogP contribution is -2.29. The third-order valence-electron chi connectivity index (χ3n) is 4.81. The number of carboxylic acids is 1. The molecule has 0 atom stereocenters. The molecule has 0 saturated heterocycles. The van der Waals surface area contributed by atoms with Crippen LogP contribution in [0.5, 0.6) is 0 Å². The second kappa shape index (κ2) is 6.04. The van der Waals surface area contributed by atoms with E-state index in [1.165, 1.54) is 0 Å². The number of aryl methyl sites for hydroxylation is 2. The SMILES string of the molecule is CC(C)C(C)(C)CNc1nc2c(cc1C(=O)O)CCCC2. The van der Waals surface area contributed by atoms with Crippen molar-refractivity contribution in [2.45, 2.75) is 53.4 Å². The Hall–Kier alpha value is -1.58. The fourth-order valence-electron chi connectivity index (χ4n) is 2.45. The first-order valence-corrected chi connectivity index (χ1v) is 7.81. The summed E-state index contributed by atoms with van der Waals surface area (Å²) < 4.78 is 0. The number of hydrogen-bond donors (Lipinski definition) is 2. The van der Waals surface area contributed by atoms with Gasteiger partial charge in [-0.3, -0.25) is 0 Å². The van der Waals surface area contributed by atoms with Crippen LogP contribution in [0.15, 0.2) is 6.07 Å². The van der Waals surface area contributed by atoms with E-state index in [1.807, 2.05) is 6.07 Å². The summed E-state index contributed by atoms with van der Waals surface area (Å²) in [6, 6.07) is 1.81. The Morgan fingerprint density at radius 3 is 2.67 bits per heavy atom. The van der Waals surface area contributed by atoms with Crippen LogP contribution in [-0.2, 0) is 12.8 Å². The first-order chi connectivity index (χ1) is 9.81. The summed E-state index contributed by atoms with van der Waals surface area (Å²) in [5, 5.41) is 12.7. The number of carbonyl (C=O) groups is 1. The van der Waals surface area contributed by atoms with Gasteiger partial charge in [-0.05, 0) is 48.6 Å². The zero-order chi connectivity index (χ0) is 15.6. The molecule has 0 radical (unpaired) electrons. The number of anilines is 1. The van der Waals surface area contributed by atoms with Crippen molar-refractivity contribution < 1.29 is 9.90 Å².